The van der Waals surface area contributed by atoms with E-state index in [-0.39, 0.29) is 18.3 Å². The third kappa shape index (κ3) is 8.10. The van der Waals surface area contributed by atoms with Crippen molar-refractivity contribution in [2.24, 2.45) is 0 Å². The number of nitrogens with one attached hydrogen (secondary N) is 3. The molecule has 0 radical (unpaired) electrons. The molecular weight excluding hydrogens is 659 g/mol. The lowest BCUT2D eigenvalue weighted by Gasteiger charge is -2.36. The van der Waals surface area contributed by atoms with Gasteiger partial charge in [0.25, 0.3) is 0 Å². The van der Waals surface area contributed by atoms with Crippen molar-refractivity contribution >= 4 is 29.9 Å². The minimum Gasteiger partial charge on any atom is -0.458 e. The van der Waals surface area contributed by atoms with Gasteiger partial charge in [-0.05, 0) is 59.7 Å². The zero-order valence-corrected chi connectivity index (χ0v) is 29.6. The number of urea groups is 1. The quantitative estimate of drug-likeness (QED) is 0.0772. The second-order valence-corrected chi connectivity index (χ2v) is 14.5. The molecule has 1 aliphatic rings. The molecule has 3 N–H and O–H groups in total. The van der Waals surface area contributed by atoms with E-state index in [1.165, 1.54) is 11.8 Å². The summed E-state index contributed by atoms with van der Waals surface area (Å²) < 4.78 is 10.6. The number of thioether (sulfide) groups is 1. The van der Waals surface area contributed by atoms with E-state index >= 15 is 0 Å². The number of hydrogen-bond donors (Lipinski definition) is 3. The Morgan fingerprint density at radius 3 is 1.57 bits per heavy atom. The number of carbonyl (C=O) groups is 3. The number of carbonyl (C=O) groups excluding carboxylic acids is 3. The Bertz CT molecular complexity index is 1820. The molecule has 1 aliphatic carbocycles. The van der Waals surface area contributed by atoms with Crippen molar-refractivity contribution in [2.45, 2.75) is 43.1 Å². The van der Waals surface area contributed by atoms with Gasteiger partial charge in [-0.25, -0.2) is 25.2 Å². The average Bonchev–Trinajstić information content (AvgIpc) is 3.47. The van der Waals surface area contributed by atoms with Crippen LogP contribution in [0.5, 0.6) is 0 Å². The lowest BCUT2D eigenvalue weighted by atomic mass is 9.84. The molecule has 0 unspecified atom stereocenters. The maximum atomic E-state index is 13.6. The number of esters is 1. The van der Waals surface area contributed by atoms with Crippen molar-refractivity contribution in [3.05, 3.63) is 167 Å². The van der Waals surface area contributed by atoms with Gasteiger partial charge >= 0.3 is 18.1 Å². The van der Waals surface area contributed by atoms with E-state index in [2.05, 4.69) is 64.7 Å². The smallest absolute Gasteiger partial charge is 0.426 e. The lowest BCUT2D eigenvalue weighted by molar-refractivity contribution is -0.156. The number of hydrazine groups is 1. The SMILES string of the molecule is CC(C)(C)OC(=O)[C@H](CSC(c1ccccc1)(c1ccccc1)c1ccccc1)NC(=O)NNC(=O)OCC1c2ccccc2-c2ccccc21. The summed E-state index contributed by atoms with van der Waals surface area (Å²) in [6.07, 6.45) is -0.827. The lowest BCUT2D eigenvalue weighted by Crippen LogP contribution is -2.54. The van der Waals surface area contributed by atoms with Crippen LogP contribution in [0, 0.1) is 0 Å². The Labute approximate surface area is 302 Å². The zero-order chi connectivity index (χ0) is 35.8. The molecule has 1 atom stereocenters. The highest BCUT2D eigenvalue weighted by Crippen LogP contribution is 2.49. The van der Waals surface area contributed by atoms with Gasteiger partial charge in [-0.15, -0.1) is 11.8 Å². The highest BCUT2D eigenvalue weighted by Gasteiger charge is 2.39. The topological polar surface area (TPSA) is 106 Å². The van der Waals surface area contributed by atoms with Crippen LogP contribution in [0.4, 0.5) is 9.59 Å². The predicted octanol–water partition coefficient (Wildman–Crippen LogP) is 8.17. The Hall–Kier alpha value is -5.54. The summed E-state index contributed by atoms with van der Waals surface area (Å²) in [5, 5.41) is 2.73. The Kier molecular flexibility index (Phi) is 10.8. The minimum atomic E-state index is -1.07. The molecule has 6 rings (SSSR count). The van der Waals surface area contributed by atoms with Gasteiger partial charge in [0.05, 0.1) is 4.75 Å². The normalized spacial score (nSPS) is 12.9. The number of rotatable bonds is 10. The molecule has 0 saturated heterocycles. The molecule has 51 heavy (non-hydrogen) atoms. The van der Waals surface area contributed by atoms with Crippen LogP contribution in [0.3, 0.4) is 0 Å². The fraction of sp³-hybridized carbons (Fsp3) is 0.214. The van der Waals surface area contributed by atoms with E-state index in [4.69, 9.17) is 9.47 Å². The van der Waals surface area contributed by atoms with Crippen LogP contribution in [-0.4, -0.2) is 42.1 Å². The number of fused-ring (bicyclic) bond motifs is 3. The van der Waals surface area contributed by atoms with Crippen molar-refractivity contribution in [3.8, 4) is 11.1 Å². The zero-order valence-electron chi connectivity index (χ0n) is 28.8. The van der Waals surface area contributed by atoms with Gasteiger partial charge in [0.1, 0.15) is 18.2 Å². The number of benzene rings is 5. The minimum absolute atomic E-state index is 0.0842. The molecule has 0 saturated carbocycles. The van der Waals surface area contributed by atoms with Crippen LogP contribution in [0.2, 0.25) is 0 Å². The number of hydrogen-bond acceptors (Lipinski definition) is 6. The second kappa shape index (κ2) is 15.6. The van der Waals surface area contributed by atoms with Crippen molar-refractivity contribution in [1.29, 1.82) is 0 Å². The molecule has 260 valence electrons. The molecular formula is C42H41N3O5S. The first-order chi connectivity index (χ1) is 24.7. The van der Waals surface area contributed by atoms with Gasteiger partial charge in [0.15, 0.2) is 0 Å². The average molecular weight is 700 g/mol. The first-order valence-electron chi connectivity index (χ1n) is 16.9. The van der Waals surface area contributed by atoms with Crippen LogP contribution < -0.4 is 16.2 Å². The van der Waals surface area contributed by atoms with E-state index in [0.29, 0.717) is 0 Å². The Morgan fingerprint density at radius 2 is 1.10 bits per heavy atom. The third-order valence-corrected chi connectivity index (χ3v) is 10.3. The van der Waals surface area contributed by atoms with Crippen molar-refractivity contribution in [3.63, 3.8) is 0 Å². The van der Waals surface area contributed by atoms with Crippen LogP contribution in [0.1, 0.15) is 54.5 Å². The highest BCUT2D eigenvalue weighted by molar-refractivity contribution is 8.00. The number of amides is 3. The van der Waals surface area contributed by atoms with Crippen molar-refractivity contribution in [1.82, 2.24) is 16.2 Å². The molecule has 3 amide bonds. The van der Waals surface area contributed by atoms with E-state index in [0.717, 1.165) is 38.9 Å². The van der Waals surface area contributed by atoms with Crippen molar-refractivity contribution < 1.29 is 23.9 Å². The van der Waals surface area contributed by atoms with Gasteiger partial charge in [-0.2, -0.15) is 0 Å². The van der Waals surface area contributed by atoms with E-state index in [9.17, 15) is 14.4 Å². The third-order valence-electron chi connectivity index (χ3n) is 8.63. The summed E-state index contributed by atoms with van der Waals surface area (Å²) in [6.45, 7) is 5.41. The molecule has 0 heterocycles. The van der Waals surface area contributed by atoms with Gasteiger partial charge < -0.3 is 14.8 Å². The molecule has 0 bridgehead atoms. The number of ether oxygens (including phenoxy) is 2. The van der Waals surface area contributed by atoms with Crippen LogP contribution >= 0.6 is 11.8 Å². The molecule has 8 nitrogen and oxygen atoms in total. The largest absolute Gasteiger partial charge is 0.458 e. The summed E-state index contributed by atoms with van der Waals surface area (Å²) in [6, 6.07) is 44.4. The van der Waals surface area contributed by atoms with E-state index in [1.807, 2.05) is 91.0 Å². The first kappa shape index (κ1) is 35.3. The molecule has 5 aromatic carbocycles. The van der Waals surface area contributed by atoms with Gasteiger partial charge in [0.2, 0.25) is 0 Å². The predicted molar refractivity (Wildman–Crippen MR) is 201 cm³/mol. The van der Waals surface area contributed by atoms with Gasteiger partial charge in [-0.3, -0.25) is 0 Å². The summed E-state index contributed by atoms with van der Waals surface area (Å²) >= 11 is 1.51. The molecule has 9 heteroatoms. The Morgan fingerprint density at radius 1 is 0.647 bits per heavy atom. The van der Waals surface area contributed by atoms with E-state index < -0.39 is 34.5 Å². The Balaban J connectivity index is 1.17. The summed E-state index contributed by atoms with van der Waals surface area (Å²) in [4.78, 5) is 39.7. The summed E-state index contributed by atoms with van der Waals surface area (Å²) in [5.74, 6) is -0.592. The fourth-order valence-electron chi connectivity index (χ4n) is 6.46. The summed E-state index contributed by atoms with van der Waals surface area (Å²) in [5.41, 5.74) is 11.3. The van der Waals surface area contributed by atoms with Crippen LogP contribution in [-0.2, 0) is 19.0 Å². The van der Waals surface area contributed by atoms with Gasteiger partial charge in [0, 0.05) is 11.7 Å². The van der Waals surface area contributed by atoms with Gasteiger partial charge in [-0.1, -0.05) is 140 Å². The first-order valence-corrected chi connectivity index (χ1v) is 17.8. The second-order valence-electron chi connectivity index (χ2n) is 13.2. The van der Waals surface area contributed by atoms with Crippen LogP contribution in [0.25, 0.3) is 11.1 Å². The van der Waals surface area contributed by atoms with Crippen LogP contribution in [0.15, 0.2) is 140 Å². The maximum absolute atomic E-state index is 13.6. The molecule has 0 spiro atoms. The van der Waals surface area contributed by atoms with Crippen molar-refractivity contribution in [2.75, 3.05) is 12.4 Å². The highest BCUT2D eigenvalue weighted by atomic mass is 32.2. The molecule has 5 aromatic rings. The molecule has 0 fully saturated rings. The van der Waals surface area contributed by atoms with E-state index in [1.54, 1.807) is 20.8 Å². The standard InChI is InChI=1S/C42H41N3O5S/c1-41(2,3)50-38(46)37(28-51-42(29-17-7-4-8-18-29,30-19-9-5-10-20-30)31-21-11-6-12-22-31)43-39(47)44-45-40(48)49-27-36-34-25-15-13-23-32(34)33-24-14-16-26-35(33)36/h4-26,36-37H,27-28H2,1-3H3,(H,45,48)(H2,43,44,47)/t37-/m0/s1. The monoisotopic (exact) mass is 699 g/mol. The molecule has 0 aromatic heterocycles. The fourth-order valence-corrected chi connectivity index (χ4v) is 8.00. The summed E-state index contributed by atoms with van der Waals surface area (Å²) in [7, 11) is 0. The molecule has 0 aliphatic heterocycles. The maximum Gasteiger partial charge on any atom is 0.426 e.